The van der Waals surface area contributed by atoms with Crippen LogP contribution in [0.25, 0.3) is 11.3 Å². The number of hydrogen-bond donors (Lipinski definition) is 0. The van der Waals surface area contributed by atoms with E-state index in [1.807, 2.05) is 5.51 Å². The van der Waals surface area contributed by atoms with Gasteiger partial charge in [0, 0.05) is 29.7 Å². The van der Waals surface area contributed by atoms with E-state index in [2.05, 4.69) is 53.4 Å². The fourth-order valence-corrected chi connectivity index (χ4v) is 2.37. The Labute approximate surface area is 101 Å². The molecule has 0 aliphatic rings. The molecule has 16 heavy (non-hydrogen) atoms. The average Bonchev–Trinajstić information content (AvgIpc) is 2.85. The lowest BCUT2D eigenvalue weighted by molar-refractivity contribution is 0.866. The number of nitrogens with zero attached hydrogens (tertiary/aromatic N) is 2. The topological polar surface area (TPSA) is 16.1 Å². The molecule has 0 saturated heterocycles. The lowest BCUT2D eigenvalue weighted by Gasteiger charge is -2.21. The molecule has 1 heterocycles. The van der Waals surface area contributed by atoms with E-state index in [-0.39, 0.29) is 0 Å². The van der Waals surface area contributed by atoms with Crippen molar-refractivity contribution in [3.8, 4) is 11.3 Å². The van der Waals surface area contributed by atoms with Gasteiger partial charge in [-0.05, 0) is 26.0 Å². The quantitative estimate of drug-likeness (QED) is 0.799. The van der Waals surface area contributed by atoms with Gasteiger partial charge in [-0.2, -0.15) is 0 Å². The Morgan fingerprint density at radius 3 is 2.69 bits per heavy atom. The molecule has 0 radical (unpaired) electrons. The minimum Gasteiger partial charge on any atom is -0.372 e. The third kappa shape index (κ3) is 2.25. The predicted octanol–water partition coefficient (Wildman–Crippen LogP) is 3.66. The Hall–Kier alpha value is -1.35. The fraction of sp³-hybridized carbons (Fsp3) is 0.308. The minimum atomic E-state index is 1.04. The van der Waals surface area contributed by atoms with Crippen molar-refractivity contribution in [1.29, 1.82) is 0 Å². The van der Waals surface area contributed by atoms with Crippen molar-refractivity contribution in [2.75, 3.05) is 18.0 Å². The van der Waals surface area contributed by atoms with Gasteiger partial charge in [0.2, 0.25) is 0 Å². The van der Waals surface area contributed by atoms with E-state index in [0.29, 0.717) is 0 Å². The molecular formula is C13H16N2S. The van der Waals surface area contributed by atoms with E-state index in [9.17, 15) is 0 Å². The molecule has 2 aromatic rings. The number of hydrogen-bond acceptors (Lipinski definition) is 3. The van der Waals surface area contributed by atoms with Gasteiger partial charge in [0.15, 0.2) is 0 Å². The maximum absolute atomic E-state index is 4.34. The highest BCUT2D eigenvalue weighted by Crippen LogP contribution is 2.24. The van der Waals surface area contributed by atoms with E-state index in [1.54, 1.807) is 11.3 Å². The summed E-state index contributed by atoms with van der Waals surface area (Å²) < 4.78 is 0. The van der Waals surface area contributed by atoms with E-state index >= 15 is 0 Å². The van der Waals surface area contributed by atoms with Crippen molar-refractivity contribution in [2.24, 2.45) is 0 Å². The van der Waals surface area contributed by atoms with Crippen LogP contribution in [-0.2, 0) is 0 Å². The number of thiazole rings is 1. The van der Waals surface area contributed by atoms with Crippen molar-refractivity contribution in [1.82, 2.24) is 4.98 Å². The van der Waals surface area contributed by atoms with Gasteiger partial charge in [0.25, 0.3) is 0 Å². The second kappa shape index (κ2) is 5.12. The molecule has 0 aliphatic carbocycles. The summed E-state index contributed by atoms with van der Waals surface area (Å²) in [7, 11) is 0. The van der Waals surface area contributed by atoms with Crippen LogP contribution in [0.5, 0.6) is 0 Å². The van der Waals surface area contributed by atoms with Crippen LogP contribution in [0.15, 0.2) is 35.2 Å². The van der Waals surface area contributed by atoms with Crippen molar-refractivity contribution < 1.29 is 0 Å². The Balaban J connectivity index is 2.33. The van der Waals surface area contributed by atoms with Crippen LogP contribution in [-0.4, -0.2) is 18.1 Å². The molecule has 84 valence electrons. The SMILES string of the molecule is CCN(CC)c1cccc(-c2cscn2)c1. The van der Waals surface area contributed by atoms with E-state index in [1.165, 1.54) is 11.3 Å². The first-order chi connectivity index (χ1) is 7.85. The molecule has 2 nitrogen and oxygen atoms in total. The van der Waals surface area contributed by atoms with Gasteiger partial charge in [-0.15, -0.1) is 11.3 Å². The van der Waals surface area contributed by atoms with Crippen molar-refractivity contribution in [2.45, 2.75) is 13.8 Å². The zero-order valence-electron chi connectivity index (χ0n) is 9.68. The van der Waals surface area contributed by atoms with Crippen LogP contribution >= 0.6 is 11.3 Å². The predicted molar refractivity (Wildman–Crippen MR) is 71.1 cm³/mol. The maximum atomic E-state index is 4.34. The summed E-state index contributed by atoms with van der Waals surface area (Å²) in [4.78, 5) is 6.68. The molecule has 2 rings (SSSR count). The molecule has 0 saturated carbocycles. The zero-order valence-corrected chi connectivity index (χ0v) is 10.5. The standard InChI is InChI=1S/C13H16N2S/c1-3-15(4-2)12-7-5-6-11(8-12)13-9-16-10-14-13/h5-10H,3-4H2,1-2H3. The Morgan fingerprint density at radius 1 is 1.25 bits per heavy atom. The van der Waals surface area contributed by atoms with Crippen LogP contribution in [0, 0.1) is 0 Å². The monoisotopic (exact) mass is 232 g/mol. The summed E-state index contributed by atoms with van der Waals surface area (Å²) in [5.41, 5.74) is 5.42. The molecule has 3 heteroatoms. The van der Waals surface area contributed by atoms with Gasteiger partial charge >= 0.3 is 0 Å². The number of anilines is 1. The van der Waals surface area contributed by atoms with Crippen LogP contribution < -0.4 is 4.90 Å². The molecule has 1 aromatic carbocycles. The van der Waals surface area contributed by atoms with E-state index in [4.69, 9.17) is 0 Å². The van der Waals surface area contributed by atoms with Gasteiger partial charge in [0.05, 0.1) is 11.2 Å². The first-order valence-electron chi connectivity index (χ1n) is 5.58. The van der Waals surface area contributed by atoms with Gasteiger partial charge in [-0.3, -0.25) is 0 Å². The minimum absolute atomic E-state index is 1.04. The molecule has 0 unspecified atom stereocenters. The van der Waals surface area contributed by atoms with Crippen LogP contribution in [0.4, 0.5) is 5.69 Å². The van der Waals surface area contributed by atoms with Gasteiger partial charge < -0.3 is 4.90 Å². The highest BCUT2D eigenvalue weighted by molar-refractivity contribution is 7.07. The number of benzene rings is 1. The highest BCUT2D eigenvalue weighted by Gasteiger charge is 2.04. The largest absolute Gasteiger partial charge is 0.372 e. The normalized spacial score (nSPS) is 10.4. The lowest BCUT2D eigenvalue weighted by Crippen LogP contribution is -2.21. The van der Waals surface area contributed by atoms with Gasteiger partial charge in [-0.1, -0.05) is 12.1 Å². The van der Waals surface area contributed by atoms with Gasteiger partial charge in [0.1, 0.15) is 0 Å². The van der Waals surface area contributed by atoms with E-state index in [0.717, 1.165) is 18.8 Å². The maximum Gasteiger partial charge on any atom is 0.0811 e. The van der Waals surface area contributed by atoms with Crippen molar-refractivity contribution in [3.63, 3.8) is 0 Å². The molecule has 1 aromatic heterocycles. The summed E-state index contributed by atoms with van der Waals surface area (Å²) in [5, 5.41) is 2.08. The van der Waals surface area contributed by atoms with Crippen molar-refractivity contribution in [3.05, 3.63) is 35.2 Å². The molecule has 0 bridgehead atoms. The number of rotatable bonds is 4. The first-order valence-corrected chi connectivity index (χ1v) is 6.53. The van der Waals surface area contributed by atoms with Crippen LogP contribution in [0.1, 0.15) is 13.8 Å². The third-order valence-corrected chi connectivity index (χ3v) is 3.29. The van der Waals surface area contributed by atoms with Crippen LogP contribution in [0.2, 0.25) is 0 Å². The Kier molecular flexibility index (Phi) is 3.57. The Bertz CT molecular complexity index is 433. The molecule has 0 N–H and O–H groups in total. The molecular weight excluding hydrogens is 216 g/mol. The summed E-state index contributed by atoms with van der Waals surface area (Å²) in [6.07, 6.45) is 0. The second-order valence-corrected chi connectivity index (χ2v) is 4.31. The summed E-state index contributed by atoms with van der Waals surface area (Å²) in [6.45, 7) is 6.44. The first kappa shape index (κ1) is 11.1. The van der Waals surface area contributed by atoms with Crippen LogP contribution in [0.3, 0.4) is 0 Å². The lowest BCUT2D eigenvalue weighted by atomic mass is 10.1. The summed E-state index contributed by atoms with van der Waals surface area (Å²) in [5.74, 6) is 0. The second-order valence-electron chi connectivity index (χ2n) is 3.60. The molecule has 0 fully saturated rings. The fourth-order valence-electron chi connectivity index (χ4n) is 1.81. The van der Waals surface area contributed by atoms with E-state index < -0.39 is 0 Å². The van der Waals surface area contributed by atoms with Crippen molar-refractivity contribution >= 4 is 17.0 Å². The average molecular weight is 232 g/mol. The van der Waals surface area contributed by atoms with Gasteiger partial charge in [-0.25, -0.2) is 4.98 Å². The Morgan fingerprint density at radius 2 is 2.06 bits per heavy atom. The summed E-state index contributed by atoms with van der Waals surface area (Å²) in [6, 6.07) is 8.58. The number of aromatic nitrogens is 1. The molecule has 0 amide bonds. The summed E-state index contributed by atoms with van der Waals surface area (Å²) >= 11 is 1.64. The molecule has 0 aliphatic heterocycles. The zero-order chi connectivity index (χ0) is 11.4. The highest BCUT2D eigenvalue weighted by atomic mass is 32.1. The smallest absolute Gasteiger partial charge is 0.0811 e. The molecule has 0 atom stereocenters. The third-order valence-electron chi connectivity index (χ3n) is 2.70. The molecule has 0 spiro atoms.